The Morgan fingerprint density at radius 2 is 2.07 bits per heavy atom. The van der Waals surface area contributed by atoms with Crippen LogP contribution in [0, 0.1) is 5.82 Å². The maximum atomic E-state index is 13.8. The highest BCUT2D eigenvalue weighted by Crippen LogP contribution is 2.28. The standard InChI is InChI=1S/C16H12ClF4N5O/c1-25-13(5-14(24-25)16(19,20)21)15(27)23-9-6-22-26(7-9)8-10-11(17)3-2-4-12(10)18/h2-7H,8H2,1H3,(H,23,27). The predicted molar refractivity (Wildman–Crippen MR) is 88.9 cm³/mol. The molecule has 1 amide bonds. The van der Waals surface area contributed by atoms with Crippen LogP contribution in [0.15, 0.2) is 36.7 Å². The van der Waals surface area contributed by atoms with E-state index in [4.69, 9.17) is 11.6 Å². The first-order chi connectivity index (χ1) is 12.6. The Bertz CT molecular complexity index is 975. The third-order valence-corrected chi connectivity index (χ3v) is 4.03. The van der Waals surface area contributed by atoms with Crippen molar-refractivity contribution < 1.29 is 22.4 Å². The van der Waals surface area contributed by atoms with Gasteiger partial charge in [0.1, 0.15) is 11.5 Å². The molecular formula is C16H12ClF4N5O. The summed E-state index contributed by atoms with van der Waals surface area (Å²) in [6, 6.07) is 4.92. The van der Waals surface area contributed by atoms with Gasteiger partial charge in [0.2, 0.25) is 0 Å². The molecule has 0 aliphatic rings. The largest absolute Gasteiger partial charge is 0.435 e. The van der Waals surface area contributed by atoms with Gasteiger partial charge in [0.15, 0.2) is 5.69 Å². The number of halogens is 5. The van der Waals surface area contributed by atoms with E-state index in [0.717, 1.165) is 4.68 Å². The number of rotatable bonds is 4. The van der Waals surface area contributed by atoms with E-state index in [2.05, 4.69) is 15.5 Å². The molecule has 0 bridgehead atoms. The molecule has 0 fully saturated rings. The third kappa shape index (κ3) is 4.11. The maximum absolute atomic E-state index is 13.8. The highest BCUT2D eigenvalue weighted by atomic mass is 35.5. The molecule has 0 atom stereocenters. The van der Waals surface area contributed by atoms with Gasteiger partial charge in [-0.2, -0.15) is 23.4 Å². The Labute approximate surface area is 155 Å². The Balaban J connectivity index is 1.74. The lowest BCUT2D eigenvalue weighted by Gasteiger charge is -2.06. The summed E-state index contributed by atoms with van der Waals surface area (Å²) in [5, 5.41) is 9.91. The van der Waals surface area contributed by atoms with Crippen LogP contribution in [0.25, 0.3) is 0 Å². The van der Waals surface area contributed by atoms with Gasteiger partial charge < -0.3 is 5.32 Å². The van der Waals surface area contributed by atoms with Crippen molar-refractivity contribution >= 4 is 23.2 Å². The minimum atomic E-state index is -4.65. The van der Waals surface area contributed by atoms with Gasteiger partial charge in [-0.1, -0.05) is 17.7 Å². The Hall–Kier alpha value is -2.88. The average molecular weight is 402 g/mol. The number of carbonyl (C=O) groups excluding carboxylic acids is 1. The molecule has 0 radical (unpaired) electrons. The van der Waals surface area contributed by atoms with E-state index in [1.165, 1.54) is 42.3 Å². The SMILES string of the molecule is Cn1nc(C(F)(F)F)cc1C(=O)Nc1cnn(Cc2c(F)cccc2Cl)c1. The zero-order valence-corrected chi connectivity index (χ0v) is 14.5. The van der Waals surface area contributed by atoms with Crippen LogP contribution in [0.1, 0.15) is 21.7 Å². The summed E-state index contributed by atoms with van der Waals surface area (Å²) in [6.45, 7) is 0.0192. The molecule has 1 N–H and O–H groups in total. The van der Waals surface area contributed by atoms with Crippen LogP contribution in [0.2, 0.25) is 5.02 Å². The number of aryl methyl sites for hydroxylation is 1. The molecule has 2 heterocycles. The summed E-state index contributed by atoms with van der Waals surface area (Å²) in [5.74, 6) is -1.29. The molecule has 6 nitrogen and oxygen atoms in total. The van der Waals surface area contributed by atoms with Gasteiger partial charge >= 0.3 is 6.18 Å². The van der Waals surface area contributed by atoms with Crippen LogP contribution < -0.4 is 5.32 Å². The van der Waals surface area contributed by atoms with E-state index in [1.54, 1.807) is 0 Å². The average Bonchev–Trinajstić information content (AvgIpc) is 3.17. The normalized spacial score (nSPS) is 11.6. The number of amides is 1. The van der Waals surface area contributed by atoms with Gasteiger partial charge in [-0.05, 0) is 12.1 Å². The zero-order chi connectivity index (χ0) is 19.8. The van der Waals surface area contributed by atoms with Crippen LogP contribution in [0.4, 0.5) is 23.2 Å². The first-order valence-corrected chi connectivity index (χ1v) is 7.91. The fourth-order valence-electron chi connectivity index (χ4n) is 2.37. The minimum Gasteiger partial charge on any atom is -0.318 e. The highest BCUT2D eigenvalue weighted by Gasteiger charge is 2.35. The van der Waals surface area contributed by atoms with Crippen molar-refractivity contribution in [1.29, 1.82) is 0 Å². The van der Waals surface area contributed by atoms with E-state index >= 15 is 0 Å². The number of carbonyl (C=O) groups is 1. The number of nitrogens with one attached hydrogen (secondary N) is 1. The summed E-state index contributed by atoms with van der Waals surface area (Å²) in [4.78, 5) is 12.2. The molecule has 0 saturated carbocycles. The van der Waals surface area contributed by atoms with Gasteiger partial charge in [0.25, 0.3) is 5.91 Å². The number of hydrogen-bond acceptors (Lipinski definition) is 3. The fraction of sp³-hybridized carbons (Fsp3) is 0.188. The second-order valence-electron chi connectivity index (χ2n) is 5.62. The predicted octanol–water partition coefficient (Wildman–Crippen LogP) is 3.73. The fourth-order valence-corrected chi connectivity index (χ4v) is 2.60. The molecule has 0 aliphatic carbocycles. The number of aromatic nitrogens is 4. The van der Waals surface area contributed by atoms with Crippen LogP contribution in [0.5, 0.6) is 0 Å². The highest BCUT2D eigenvalue weighted by molar-refractivity contribution is 6.31. The first kappa shape index (κ1) is 18.9. The molecule has 2 aromatic heterocycles. The molecule has 0 aliphatic heterocycles. The molecule has 3 rings (SSSR count). The number of hydrogen-bond donors (Lipinski definition) is 1. The molecule has 142 valence electrons. The lowest BCUT2D eigenvalue weighted by molar-refractivity contribution is -0.141. The molecule has 11 heteroatoms. The van der Waals surface area contributed by atoms with Crippen molar-refractivity contribution in [2.75, 3.05) is 5.32 Å². The molecule has 0 spiro atoms. The second kappa shape index (κ2) is 7.03. The van der Waals surface area contributed by atoms with Gasteiger partial charge in [-0.25, -0.2) is 4.39 Å². The molecular weight excluding hydrogens is 390 g/mol. The van der Waals surface area contributed by atoms with Gasteiger partial charge in [0, 0.05) is 29.9 Å². The number of alkyl halides is 3. The molecule has 27 heavy (non-hydrogen) atoms. The summed E-state index contributed by atoms with van der Waals surface area (Å²) >= 11 is 5.95. The summed E-state index contributed by atoms with van der Waals surface area (Å²) in [6.07, 6.45) is -1.96. The van der Waals surface area contributed by atoms with Crippen molar-refractivity contribution in [2.45, 2.75) is 12.7 Å². The van der Waals surface area contributed by atoms with Crippen molar-refractivity contribution in [2.24, 2.45) is 7.05 Å². The van der Waals surface area contributed by atoms with E-state index in [1.807, 2.05) is 0 Å². The van der Waals surface area contributed by atoms with E-state index < -0.39 is 23.6 Å². The second-order valence-corrected chi connectivity index (χ2v) is 6.02. The lowest BCUT2D eigenvalue weighted by atomic mass is 10.2. The molecule has 0 saturated heterocycles. The maximum Gasteiger partial charge on any atom is 0.435 e. The van der Waals surface area contributed by atoms with Crippen LogP contribution in [0.3, 0.4) is 0 Å². The monoisotopic (exact) mass is 401 g/mol. The Morgan fingerprint density at radius 1 is 1.33 bits per heavy atom. The number of benzene rings is 1. The minimum absolute atomic E-state index is 0.0192. The Morgan fingerprint density at radius 3 is 2.70 bits per heavy atom. The van der Waals surface area contributed by atoms with E-state index in [0.29, 0.717) is 6.07 Å². The van der Waals surface area contributed by atoms with Gasteiger partial charge in [-0.15, -0.1) is 0 Å². The lowest BCUT2D eigenvalue weighted by Crippen LogP contribution is -2.15. The van der Waals surface area contributed by atoms with E-state index in [-0.39, 0.29) is 28.5 Å². The van der Waals surface area contributed by atoms with Crippen molar-refractivity contribution in [3.05, 3.63) is 64.5 Å². The summed E-state index contributed by atoms with van der Waals surface area (Å²) < 4.78 is 54.0. The quantitative estimate of drug-likeness (QED) is 0.677. The van der Waals surface area contributed by atoms with Crippen LogP contribution in [-0.4, -0.2) is 25.5 Å². The molecule has 3 aromatic rings. The van der Waals surface area contributed by atoms with Crippen molar-refractivity contribution in [1.82, 2.24) is 19.6 Å². The third-order valence-electron chi connectivity index (χ3n) is 3.68. The van der Waals surface area contributed by atoms with Gasteiger partial charge in [0.05, 0.1) is 18.4 Å². The van der Waals surface area contributed by atoms with E-state index in [9.17, 15) is 22.4 Å². The van der Waals surface area contributed by atoms with Crippen molar-refractivity contribution in [3.63, 3.8) is 0 Å². The zero-order valence-electron chi connectivity index (χ0n) is 13.8. The van der Waals surface area contributed by atoms with Crippen molar-refractivity contribution in [3.8, 4) is 0 Å². The molecule has 1 aromatic carbocycles. The summed E-state index contributed by atoms with van der Waals surface area (Å²) in [5.41, 5.74) is -0.990. The molecule has 0 unspecified atom stereocenters. The number of nitrogens with zero attached hydrogens (tertiary/aromatic N) is 4. The first-order valence-electron chi connectivity index (χ1n) is 7.53. The van der Waals surface area contributed by atoms with Crippen LogP contribution in [-0.2, 0) is 19.8 Å². The number of anilines is 1. The van der Waals surface area contributed by atoms with Gasteiger partial charge in [-0.3, -0.25) is 14.2 Å². The van der Waals surface area contributed by atoms with Crippen LogP contribution >= 0.6 is 11.6 Å². The smallest absolute Gasteiger partial charge is 0.318 e. The topological polar surface area (TPSA) is 64.7 Å². The Kier molecular flexibility index (Phi) is 4.92. The summed E-state index contributed by atoms with van der Waals surface area (Å²) in [7, 11) is 1.23.